The lowest BCUT2D eigenvalue weighted by molar-refractivity contribution is 0.0601. The number of carbonyl (C=O) groups excluding carboxylic acids is 1. The summed E-state index contributed by atoms with van der Waals surface area (Å²) in [7, 11) is 1.36. The number of rotatable bonds is 10. The molecule has 0 spiro atoms. The van der Waals surface area contributed by atoms with Crippen LogP contribution in [0.1, 0.15) is 42.6 Å². The molecule has 9 heteroatoms. The van der Waals surface area contributed by atoms with Crippen LogP contribution in [-0.2, 0) is 11.3 Å². The number of hydrogen-bond acceptors (Lipinski definition) is 8. The number of ether oxygens (including phenoxy) is 3. The van der Waals surface area contributed by atoms with Crippen LogP contribution in [0.5, 0.6) is 11.5 Å². The molecule has 1 N–H and O–H groups in total. The fourth-order valence-electron chi connectivity index (χ4n) is 5.13. The molecule has 0 atom stereocenters. The summed E-state index contributed by atoms with van der Waals surface area (Å²) < 4.78 is 37.0. The smallest absolute Gasteiger partial charge is 0.337 e. The fourth-order valence-corrected chi connectivity index (χ4v) is 5.13. The van der Waals surface area contributed by atoms with Crippen molar-refractivity contribution < 1.29 is 27.8 Å². The van der Waals surface area contributed by atoms with Gasteiger partial charge in [0.2, 0.25) is 0 Å². The van der Waals surface area contributed by atoms with E-state index in [9.17, 15) is 9.18 Å². The third kappa shape index (κ3) is 5.89. The summed E-state index contributed by atoms with van der Waals surface area (Å²) in [6.07, 6.45) is 1.85. The van der Waals surface area contributed by atoms with Crippen molar-refractivity contribution in [1.29, 1.82) is 0 Å². The molecule has 1 saturated heterocycles. The highest BCUT2D eigenvalue weighted by molar-refractivity contribution is 5.93. The van der Waals surface area contributed by atoms with Gasteiger partial charge in [0, 0.05) is 12.6 Å². The highest BCUT2D eigenvalue weighted by Gasteiger charge is 2.27. The minimum atomic E-state index is -0.421. The first-order valence-electron chi connectivity index (χ1n) is 13.7. The molecule has 1 aromatic heterocycles. The molecule has 5 rings (SSSR count). The third-order valence-electron chi connectivity index (χ3n) is 7.00. The molecule has 4 aromatic rings. The average Bonchev–Trinajstić information content (AvgIpc) is 3.40. The molecule has 1 aliphatic heterocycles. The lowest BCUT2D eigenvalue weighted by Crippen LogP contribution is -2.43. The first kappa shape index (κ1) is 27.5. The van der Waals surface area contributed by atoms with Gasteiger partial charge in [0.1, 0.15) is 22.8 Å². The maximum absolute atomic E-state index is 13.7. The van der Waals surface area contributed by atoms with Crippen LogP contribution in [0.4, 0.5) is 10.4 Å². The van der Waals surface area contributed by atoms with Gasteiger partial charge in [-0.05, 0) is 93.4 Å². The van der Waals surface area contributed by atoms with E-state index in [-0.39, 0.29) is 11.9 Å². The molecule has 0 aliphatic carbocycles. The number of fused-ring (bicyclic) bond motifs is 1. The summed E-state index contributed by atoms with van der Waals surface area (Å²) >= 11 is 0. The Hall–Kier alpha value is -4.11. The Morgan fingerprint density at radius 1 is 1.02 bits per heavy atom. The van der Waals surface area contributed by atoms with Crippen molar-refractivity contribution in [3.63, 3.8) is 0 Å². The second-order valence-corrected chi connectivity index (χ2v) is 9.62. The number of oxazole rings is 1. The molecule has 0 saturated carbocycles. The van der Waals surface area contributed by atoms with Crippen molar-refractivity contribution in [3.8, 4) is 22.6 Å². The molecule has 0 bridgehead atoms. The average molecular weight is 548 g/mol. The number of benzene rings is 3. The highest BCUT2D eigenvalue weighted by Crippen LogP contribution is 2.41. The molecule has 0 unspecified atom stereocenters. The van der Waals surface area contributed by atoms with E-state index >= 15 is 0 Å². The van der Waals surface area contributed by atoms with E-state index in [1.807, 2.05) is 26.0 Å². The number of halogens is 1. The van der Waals surface area contributed by atoms with E-state index in [4.69, 9.17) is 23.6 Å². The molecule has 8 nitrogen and oxygen atoms in total. The molecule has 2 heterocycles. The maximum Gasteiger partial charge on any atom is 0.337 e. The zero-order valence-electron chi connectivity index (χ0n) is 23.0. The van der Waals surface area contributed by atoms with Gasteiger partial charge in [-0.1, -0.05) is 12.1 Å². The van der Waals surface area contributed by atoms with E-state index < -0.39 is 5.97 Å². The van der Waals surface area contributed by atoms with E-state index in [2.05, 4.69) is 10.2 Å². The van der Waals surface area contributed by atoms with Gasteiger partial charge in [0.05, 0.1) is 31.5 Å². The second kappa shape index (κ2) is 12.4. The van der Waals surface area contributed by atoms with Crippen LogP contribution in [0.25, 0.3) is 22.2 Å². The van der Waals surface area contributed by atoms with E-state index in [0.29, 0.717) is 53.9 Å². The number of anilines is 1. The lowest BCUT2D eigenvalue weighted by atomic mass is 9.99. The van der Waals surface area contributed by atoms with E-state index in [1.165, 1.54) is 19.2 Å². The third-order valence-corrected chi connectivity index (χ3v) is 7.00. The summed E-state index contributed by atoms with van der Waals surface area (Å²) in [5.74, 6) is 0.613. The quantitative estimate of drug-likeness (QED) is 0.243. The summed E-state index contributed by atoms with van der Waals surface area (Å²) in [6.45, 7) is 7.10. The minimum absolute atomic E-state index is 0.192. The van der Waals surface area contributed by atoms with Gasteiger partial charge < -0.3 is 28.8 Å². The molecular weight excluding hydrogens is 513 g/mol. The van der Waals surface area contributed by atoms with Gasteiger partial charge in [-0.15, -0.1) is 0 Å². The summed E-state index contributed by atoms with van der Waals surface area (Å²) in [6, 6.07) is 16.2. The number of piperidine rings is 1. The number of carbonyl (C=O) groups is 1. The normalized spacial score (nSPS) is 13.8. The van der Waals surface area contributed by atoms with Crippen LogP contribution >= 0.6 is 0 Å². The minimum Gasteiger partial charge on any atom is -0.493 e. The summed E-state index contributed by atoms with van der Waals surface area (Å²) in [5.41, 5.74) is 4.18. The molecular formula is C31H34FN3O5. The van der Waals surface area contributed by atoms with Crippen molar-refractivity contribution in [2.75, 3.05) is 38.3 Å². The Bertz CT molecular complexity index is 1440. The van der Waals surface area contributed by atoms with Gasteiger partial charge in [-0.2, -0.15) is 4.98 Å². The van der Waals surface area contributed by atoms with Gasteiger partial charge in [-0.3, -0.25) is 0 Å². The largest absolute Gasteiger partial charge is 0.493 e. The van der Waals surface area contributed by atoms with Crippen LogP contribution < -0.4 is 19.7 Å². The molecule has 3 aromatic carbocycles. The van der Waals surface area contributed by atoms with Crippen molar-refractivity contribution in [3.05, 3.63) is 71.5 Å². The SMILES string of the molecule is CCOc1cc(CN(c2nc3cc(C(=O)OC)ccc3o2)C2CCNCC2)cc(OCC)c1-c1ccc(F)cc1. The first-order valence-corrected chi connectivity index (χ1v) is 13.7. The van der Waals surface area contributed by atoms with E-state index in [0.717, 1.165) is 42.6 Å². The van der Waals surface area contributed by atoms with Crippen LogP contribution in [0.2, 0.25) is 0 Å². The van der Waals surface area contributed by atoms with Crippen molar-refractivity contribution in [2.24, 2.45) is 0 Å². The van der Waals surface area contributed by atoms with Crippen LogP contribution in [0.15, 0.2) is 59.0 Å². The number of nitrogens with one attached hydrogen (secondary N) is 1. The van der Waals surface area contributed by atoms with Crippen LogP contribution in [-0.4, -0.2) is 50.4 Å². The van der Waals surface area contributed by atoms with Gasteiger partial charge in [0.15, 0.2) is 5.58 Å². The topological polar surface area (TPSA) is 86.1 Å². The van der Waals surface area contributed by atoms with E-state index in [1.54, 1.807) is 30.3 Å². The molecule has 1 fully saturated rings. The number of esters is 1. The molecule has 210 valence electrons. The monoisotopic (exact) mass is 547 g/mol. The zero-order chi connectivity index (χ0) is 28.1. The highest BCUT2D eigenvalue weighted by atomic mass is 19.1. The van der Waals surface area contributed by atoms with Gasteiger partial charge in [0.25, 0.3) is 6.01 Å². The molecule has 0 amide bonds. The first-order chi connectivity index (χ1) is 19.5. The number of nitrogens with zero attached hydrogens (tertiary/aromatic N) is 2. The Morgan fingerprint density at radius 2 is 1.70 bits per heavy atom. The lowest BCUT2D eigenvalue weighted by Gasteiger charge is -2.34. The van der Waals surface area contributed by atoms with Crippen molar-refractivity contribution in [2.45, 2.75) is 39.3 Å². The zero-order valence-corrected chi connectivity index (χ0v) is 23.0. The standard InChI is InChI=1S/C31H34FN3O5/c1-4-38-27-16-20(17-28(39-5-2)29(27)21-6-9-23(32)10-7-21)19-35(24-12-14-33-15-13-24)31-34-25-18-22(30(36)37-3)8-11-26(25)40-31/h6-11,16-18,24,33H,4-5,12-15,19H2,1-3H3. The van der Waals surface area contributed by atoms with Crippen molar-refractivity contribution in [1.82, 2.24) is 10.3 Å². The predicted molar refractivity (Wildman–Crippen MR) is 152 cm³/mol. The molecule has 40 heavy (non-hydrogen) atoms. The van der Waals surface area contributed by atoms with Crippen LogP contribution in [0.3, 0.4) is 0 Å². The van der Waals surface area contributed by atoms with Crippen molar-refractivity contribution >= 4 is 23.1 Å². The Kier molecular flexibility index (Phi) is 8.50. The van der Waals surface area contributed by atoms with Gasteiger partial charge >= 0.3 is 5.97 Å². The van der Waals surface area contributed by atoms with Crippen LogP contribution in [0, 0.1) is 5.82 Å². The Morgan fingerprint density at radius 3 is 2.33 bits per heavy atom. The Balaban J connectivity index is 1.56. The molecule has 1 aliphatic rings. The second-order valence-electron chi connectivity index (χ2n) is 9.62. The fraction of sp³-hybridized carbons (Fsp3) is 0.355. The number of methoxy groups -OCH3 is 1. The maximum atomic E-state index is 13.7. The number of aromatic nitrogens is 1. The van der Waals surface area contributed by atoms with Gasteiger partial charge in [-0.25, -0.2) is 9.18 Å². The predicted octanol–water partition coefficient (Wildman–Crippen LogP) is 5.98. The Labute approximate surface area is 233 Å². The number of hydrogen-bond donors (Lipinski definition) is 1. The summed E-state index contributed by atoms with van der Waals surface area (Å²) in [4.78, 5) is 19.0. The molecule has 0 radical (unpaired) electrons. The summed E-state index contributed by atoms with van der Waals surface area (Å²) in [5, 5.41) is 3.42.